The number of hydrogen-bond acceptors (Lipinski definition) is 5. The minimum atomic E-state index is -3.08. The average Bonchev–Trinajstić information content (AvgIpc) is 3.22. The van der Waals surface area contributed by atoms with E-state index in [9.17, 15) is 18.0 Å². The molecule has 0 N–H and O–H groups in total. The van der Waals surface area contributed by atoms with Gasteiger partial charge in [0.1, 0.15) is 6.54 Å². The minimum Gasteiger partial charge on any atom is -0.408 e. The van der Waals surface area contributed by atoms with Gasteiger partial charge in [-0.1, -0.05) is 11.6 Å². The zero-order valence-corrected chi connectivity index (χ0v) is 14.9. The second kappa shape index (κ2) is 5.88. The topological polar surface area (TPSA) is 89.6 Å². The van der Waals surface area contributed by atoms with Gasteiger partial charge in [-0.15, -0.1) is 0 Å². The maximum atomic E-state index is 12.9. The van der Waals surface area contributed by atoms with Crippen molar-refractivity contribution < 1.29 is 17.6 Å². The number of carbonyl (C=O) groups is 1. The van der Waals surface area contributed by atoms with Crippen LogP contribution in [0.4, 0.5) is 0 Å². The summed E-state index contributed by atoms with van der Waals surface area (Å²) in [4.78, 5) is 26.6. The molecule has 4 rings (SSSR count). The second-order valence-electron chi connectivity index (χ2n) is 6.66. The Hall–Kier alpha value is -1.80. The number of nitrogens with zero attached hydrogens (tertiary/aromatic N) is 2. The van der Waals surface area contributed by atoms with Gasteiger partial charge in [0.15, 0.2) is 15.4 Å². The summed E-state index contributed by atoms with van der Waals surface area (Å²) in [6.45, 7) is -0.166. The first-order valence-electron chi connectivity index (χ1n) is 8.14. The summed E-state index contributed by atoms with van der Waals surface area (Å²) in [7, 11) is -3.08. The molecule has 0 radical (unpaired) electrons. The van der Waals surface area contributed by atoms with Crippen LogP contribution in [0.5, 0.6) is 0 Å². The molecule has 9 heteroatoms. The van der Waals surface area contributed by atoms with Gasteiger partial charge in [0.05, 0.1) is 17.0 Å². The highest BCUT2D eigenvalue weighted by Crippen LogP contribution is 2.32. The number of fused-ring (bicyclic) bond motifs is 1. The van der Waals surface area contributed by atoms with Gasteiger partial charge in [-0.3, -0.25) is 9.36 Å². The zero-order valence-electron chi connectivity index (χ0n) is 13.4. The van der Waals surface area contributed by atoms with Gasteiger partial charge in [-0.05, 0) is 31.4 Å². The summed E-state index contributed by atoms with van der Waals surface area (Å²) in [5.74, 6) is -0.752. The molecule has 2 aliphatic rings. The Morgan fingerprint density at radius 1 is 1.28 bits per heavy atom. The Morgan fingerprint density at radius 3 is 2.68 bits per heavy atom. The normalized spacial score (nSPS) is 22.4. The third-order valence-electron chi connectivity index (χ3n) is 4.75. The molecule has 0 bridgehead atoms. The van der Waals surface area contributed by atoms with Gasteiger partial charge in [0.25, 0.3) is 0 Å². The van der Waals surface area contributed by atoms with Gasteiger partial charge < -0.3 is 9.32 Å². The highest BCUT2D eigenvalue weighted by molar-refractivity contribution is 7.91. The Balaban J connectivity index is 1.62. The van der Waals surface area contributed by atoms with E-state index in [1.807, 2.05) is 0 Å². The number of hydrogen-bond donors (Lipinski definition) is 0. The van der Waals surface area contributed by atoms with Crippen LogP contribution in [0.3, 0.4) is 0 Å². The van der Waals surface area contributed by atoms with Crippen molar-refractivity contribution >= 4 is 38.4 Å². The molecule has 1 amide bonds. The van der Waals surface area contributed by atoms with E-state index < -0.39 is 15.6 Å². The highest BCUT2D eigenvalue weighted by Gasteiger charge is 2.42. The van der Waals surface area contributed by atoms with Crippen LogP contribution in [0, 0.1) is 0 Å². The summed E-state index contributed by atoms with van der Waals surface area (Å²) < 4.78 is 30.0. The predicted octanol–water partition coefficient (Wildman–Crippen LogP) is 1.43. The Kier molecular flexibility index (Phi) is 3.92. The van der Waals surface area contributed by atoms with Gasteiger partial charge in [-0.25, -0.2) is 13.2 Å². The molecule has 1 saturated carbocycles. The van der Waals surface area contributed by atoms with Crippen LogP contribution in [-0.4, -0.2) is 47.4 Å². The van der Waals surface area contributed by atoms with Crippen LogP contribution in [-0.2, 0) is 21.2 Å². The zero-order chi connectivity index (χ0) is 17.8. The van der Waals surface area contributed by atoms with Crippen molar-refractivity contribution in [3.63, 3.8) is 0 Å². The van der Waals surface area contributed by atoms with E-state index in [4.69, 9.17) is 16.0 Å². The molecule has 2 fully saturated rings. The van der Waals surface area contributed by atoms with Crippen molar-refractivity contribution in [2.45, 2.75) is 37.9 Å². The van der Waals surface area contributed by atoms with Crippen molar-refractivity contribution in [2.24, 2.45) is 0 Å². The summed E-state index contributed by atoms with van der Waals surface area (Å²) in [6.07, 6.45) is 2.21. The number of rotatable bonds is 4. The summed E-state index contributed by atoms with van der Waals surface area (Å²) in [5, 5.41) is 0.440. The van der Waals surface area contributed by atoms with Gasteiger partial charge in [0.2, 0.25) is 5.91 Å². The third kappa shape index (κ3) is 3.20. The van der Waals surface area contributed by atoms with Crippen LogP contribution in [0.1, 0.15) is 19.3 Å². The van der Waals surface area contributed by atoms with E-state index >= 15 is 0 Å². The van der Waals surface area contributed by atoms with Crippen molar-refractivity contribution in [3.05, 3.63) is 33.8 Å². The number of aromatic nitrogens is 1. The summed E-state index contributed by atoms with van der Waals surface area (Å²) >= 11 is 5.90. The fourth-order valence-electron chi connectivity index (χ4n) is 3.46. The van der Waals surface area contributed by atoms with E-state index in [0.717, 1.165) is 12.8 Å². The predicted molar refractivity (Wildman–Crippen MR) is 92.4 cm³/mol. The number of oxazole rings is 1. The molecular formula is C16H17ClN2O5S. The Bertz CT molecular complexity index is 1010. The number of benzene rings is 1. The number of amides is 1. The molecule has 2 aromatic rings. The molecule has 2 heterocycles. The van der Waals surface area contributed by atoms with Gasteiger partial charge >= 0.3 is 5.76 Å². The lowest BCUT2D eigenvalue weighted by atomic mass is 10.2. The monoisotopic (exact) mass is 384 g/mol. The first-order valence-corrected chi connectivity index (χ1v) is 10.3. The van der Waals surface area contributed by atoms with E-state index in [-0.39, 0.29) is 36.0 Å². The molecule has 25 heavy (non-hydrogen) atoms. The van der Waals surface area contributed by atoms with Gasteiger partial charge in [-0.2, -0.15) is 0 Å². The van der Waals surface area contributed by atoms with E-state index in [2.05, 4.69) is 0 Å². The van der Waals surface area contributed by atoms with Crippen LogP contribution >= 0.6 is 11.6 Å². The van der Waals surface area contributed by atoms with E-state index in [1.165, 1.54) is 10.6 Å². The van der Waals surface area contributed by atoms with Crippen molar-refractivity contribution in [3.8, 4) is 0 Å². The lowest BCUT2D eigenvalue weighted by Gasteiger charge is -2.28. The van der Waals surface area contributed by atoms with Crippen molar-refractivity contribution in [2.75, 3.05) is 11.5 Å². The molecule has 134 valence electrons. The van der Waals surface area contributed by atoms with Crippen molar-refractivity contribution in [1.82, 2.24) is 9.47 Å². The number of carbonyl (C=O) groups excluding carboxylic acids is 1. The maximum Gasteiger partial charge on any atom is 0.420 e. The van der Waals surface area contributed by atoms with E-state index in [0.29, 0.717) is 22.5 Å². The second-order valence-corrected chi connectivity index (χ2v) is 9.32. The SMILES string of the molecule is O=C(Cn1c(=O)oc2cc(Cl)ccc21)N(C1CC1)C1CCS(=O)(=O)C1. The first kappa shape index (κ1) is 16.7. The molecule has 1 aliphatic heterocycles. The lowest BCUT2D eigenvalue weighted by Crippen LogP contribution is -2.45. The molecular weight excluding hydrogens is 368 g/mol. The standard InChI is InChI=1S/C16H17ClN2O5S/c17-10-1-4-13-14(7-10)24-16(21)18(13)8-15(20)19(11-2-3-11)12-5-6-25(22,23)9-12/h1,4,7,11-12H,2-3,5-6,8-9H2. The third-order valence-corrected chi connectivity index (χ3v) is 6.74. The highest BCUT2D eigenvalue weighted by atomic mass is 35.5. The Labute approximate surface area is 149 Å². The quantitative estimate of drug-likeness (QED) is 0.795. The van der Waals surface area contributed by atoms with Crippen LogP contribution in [0.25, 0.3) is 11.1 Å². The minimum absolute atomic E-state index is 0.00583. The van der Waals surface area contributed by atoms with E-state index in [1.54, 1.807) is 17.0 Å². The summed E-state index contributed by atoms with van der Waals surface area (Å²) in [5.41, 5.74) is 0.823. The number of sulfone groups is 1. The fraction of sp³-hybridized carbons (Fsp3) is 0.500. The lowest BCUT2D eigenvalue weighted by molar-refractivity contribution is -0.134. The number of halogens is 1. The average molecular weight is 385 g/mol. The molecule has 0 spiro atoms. The molecule has 1 unspecified atom stereocenters. The fourth-order valence-corrected chi connectivity index (χ4v) is 5.33. The summed E-state index contributed by atoms with van der Waals surface area (Å²) in [6, 6.07) is 4.57. The largest absolute Gasteiger partial charge is 0.420 e. The van der Waals surface area contributed by atoms with Crippen LogP contribution in [0.15, 0.2) is 27.4 Å². The smallest absolute Gasteiger partial charge is 0.408 e. The molecule has 1 aliphatic carbocycles. The maximum absolute atomic E-state index is 12.9. The van der Waals surface area contributed by atoms with Crippen molar-refractivity contribution in [1.29, 1.82) is 0 Å². The molecule has 1 saturated heterocycles. The first-order chi connectivity index (χ1) is 11.8. The van der Waals surface area contributed by atoms with Crippen LogP contribution < -0.4 is 5.76 Å². The molecule has 1 atom stereocenters. The Morgan fingerprint density at radius 2 is 2.04 bits per heavy atom. The molecule has 7 nitrogen and oxygen atoms in total. The molecule has 1 aromatic carbocycles. The molecule has 1 aromatic heterocycles. The van der Waals surface area contributed by atoms with Gasteiger partial charge in [0, 0.05) is 23.2 Å². The van der Waals surface area contributed by atoms with Crippen LogP contribution in [0.2, 0.25) is 5.02 Å².